The van der Waals surface area contributed by atoms with Crippen molar-refractivity contribution in [2.24, 2.45) is 5.92 Å². The molecule has 44 heavy (non-hydrogen) atoms. The normalized spacial score (nSPS) is 17.8. The molecule has 1 aliphatic heterocycles. The van der Waals surface area contributed by atoms with E-state index in [1.54, 1.807) is 12.3 Å². The fourth-order valence-electron chi connectivity index (χ4n) is 5.17. The number of alkyl halides is 2. The highest BCUT2D eigenvalue weighted by Gasteiger charge is 2.37. The number of hydrogen-bond donors (Lipinski definition) is 1. The minimum atomic E-state index is -3.10. The molecule has 3 heterocycles. The molecule has 1 amide bonds. The molecular weight excluding hydrogens is 586 g/mol. The zero-order valence-corrected chi connectivity index (χ0v) is 27.5. The molecule has 5 rings (SSSR count). The number of ether oxygens (including phenoxy) is 3. The SMILES string of the molecule is COc1cc(-c2cnc3cc(OC[C@H]4CCN(CCO[Si](C)(C)C(C)(C)C)C4)ccn23)cc(OC(F)F)c1C(=O)NC1CC1. The topological polar surface area (TPSA) is 86.6 Å². The Bertz CT molecular complexity index is 1470. The highest BCUT2D eigenvalue weighted by molar-refractivity contribution is 6.74. The van der Waals surface area contributed by atoms with Gasteiger partial charge in [0, 0.05) is 49.5 Å². The van der Waals surface area contributed by atoms with Crippen LogP contribution in [-0.4, -0.2) is 81.1 Å². The second-order valence-electron chi connectivity index (χ2n) is 13.3. The van der Waals surface area contributed by atoms with Crippen LogP contribution in [0.25, 0.3) is 16.9 Å². The van der Waals surface area contributed by atoms with E-state index in [0.29, 0.717) is 35.2 Å². The quantitative estimate of drug-likeness (QED) is 0.224. The number of amides is 1. The molecule has 1 aliphatic carbocycles. The maximum absolute atomic E-state index is 13.4. The molecule has 2 aromatic heterocycles. The van der Waals surface area contributed by atoms with E-state index in [4.69, 9.17) is 18.6 Å². The van der Waals surface area contributed by atoms with E-state index in [0.717, 1.165) is 45.5 Å². The van der Waals surface area contributed by atoms with Gasteiger partial charge in [-0.3, -0.25) is 9.20 Å². The van der Waals surface area contributed by atoms with Crippen LogP contribution in [0.1, 0.15) is 50.4 Å². The van der Waals surface area contributed by atoms with Crippen molar-refractivity contribution in [3.05, 3.63) is 42.2 Å². The first-order valence-electron chi connectivity index (χ1n) is 15.3. The molecule has 1 N–H and O–H groups in total. The first-order chi connectivity index (χ1) is 20.8. The lowest BCUT2D eigenvalue weighted by atomic mass is 10.1. The molecule has 2 fully saturated rings. The molecule has 9 nitrogen and oxygen atoms in total. The van der Waals surface area contributed by atoms with Gasteiger partial charge in [0.2, 0.25) is 0 Å². The average Bonchev–Trinajstić information content (AvgIpc) is 3.48. The Labute approximate surface area is 259 Å². The molecule has 1 saturated carbocycles. The van der Waals surface area contributed by atoms with Crippen molar-refractivity contribution < 1.29 is 32.2 Å². The molecular formula is C32H44F2N4O5Si. The lowest BCUT2D eigenvalue weighted by molar-refractivity contribution is -0.0502. The number of carbonyl (C=O) groups excluding carboxylic acids is 1. The molecule has 1 saturated heterocycles. The van der Waals surface area contributed by atoms with Gasteiger partial charge in [-0.25, -0.2) is 4.98 Å². The van der Waals surface area contributed by atoms with E-state index in [2.05, 4.69) is 49.1 Å². The third kappa shape index (κ3) is 7.52. The minimum Gasteiger partial charge on any atom is -0.496 e. The summed E-state index contributed by atoms with van der Waals surface area (Å²) in [7, 11) is -0.346. The van der Waals surface area contributed by atoms with Crippen LogP contribution in [0.3, 0.4) is 0 Å². The number of hydrogen-bond acceptors (Lipinski definition) is 7. The predicted molar refractivity (Wildman–Crippen MR) is 167 cm³/mol. The van der Waals surface area contributed by atoms with Crippen LogP contribution >= 0.6 is 0 Å². The smallest absolute Gasteiger partial charge is 0.387 e. The molecule has 0 bridgehead atoms. The summed E-state index contributed by atoms with van der Waals surface area (Å²) in [5.41, 5.74) is 1.73. The molecule has 0 unspecified atom stereocenters. The Hall–Kier alpha value is -3.22. The summed E-state index contributed by atoms with van der Waals surface area (Å²) in [5.74, 6) is 0.533. The fourth-order valence-corrected chi connectivity index (χ4v) is 6.21. The number of nitrogens with zero attached hydrogens (tertiary/aromatic N) is 3. The molecule has 240 valence electrons. The summed E-state index contributed by atoms with van der Waals surface area (Å²) in [5, 5.41) is 3.03. The number of rotatable bonds is 13. The van der Waals surface area contributed by atoms with Crippen molar-refractivity contribution >= 4 is 19.9 Å². The van der Waals surface area contributed by atoms with Gasteiger partial charge >= 0.3 is 6.61 Å². The average molecular weight is 631 g/mol. The Balaban J connectivity index is 1.23. The Morgan fingerprint density at radius 1 is 1.16 bits per heavy atom. The number of aromatic nitrogens is 2. The van der Waals surface area contributed by atoms with Gasteiger partial charge in [0.15, 0.2) is 8.32 Å². The fraction of sp³-hybridized carbons (Fsp3) is 0.562. The van der Waals surface area contributed by atoms with Crippen molar-refractivity contribution in [1.82, 2.24) is 19.6 Å². The van der Waals surface area contributed by atoms with Crippen LogP contribution in [0.15, 0.2) is 36.7 Å². The number of carbonyl (C=O) groups is 1. The van der Waals surface area contributed by atoms with Crippen molar-refractivity contribution in [2.75, 3.05) is 40.0 Å². The molecule has 12 heteroatoms. The molecule has 2 aliphatic rings. The maximum atomic E-state index is 13.4. The number of benzene rings is 1. The number of halogens is 2. The van der Waals surface area contributed by atoms with Gasteiger partial charge in [-0.2, -0.15) is 8.78 Å². The Morgan fingerprint density at radius 3 is 2.59 bits per heavy atom. The van der Waals surface area contributed by atoms with Gasteiger partial charge in [-0.05, 0) is 62.1 Å². The first-order valence-corrected chi connectivity index (χ1v) is 18.2. The molecule has 1 atom stereocenters. The van der Waals surface area contributed by atoms with Gasteiger partial charge in [0.1, 0.15) is 28.5 Å². The van der Waals surface area contributed by atoms with E-state index < -0.39 is 20.8 Å². The summed E-state index contributed by atoms with van der Waals surface area (Å²) in [6, 6.07) is 6.82. The van der Waals surface area contributed by atoms with Gasteiger partial charge in [-0.15, -0.1) is 0 Å². The van der Waals surface area contributed by atoms with Crippen molar-refractivity contribution in [3.8, 4) is 28.5 Å². The number of pyridine rings is 1. The summed E-state index contributed by atoms with van der Waals surface area (Å²) in [6.45, 7) is 12.6. The second-order valence-corrected chi connectivity index (χ2v) is 18.1. The summed E-state index contributed by atoms with van der Waals surface area (Å²) in [6.07, 6.45) is 6.27. The number of methoxy groups -OCH3 is 1. The zero-order valence-electron chi connectivity index (χ0n) is 26.5. The molecule has 1 aromatic carbocycles. The Kier molecular flexibility index (Phi) is 9.52. The Morgan fingerprint density at radius 2 is 1.91 bits per heavy atom. The highest BCUT2D eigenvalue weighted by atomic mass is 28.4. The van der Waals surface area contributed by atoms with Crippen LogP contribution in [-0.2, 0) is 4.43 Å². The highest BCUT2D eigenvalue weighted by Crippen LogP contribution is 2.38. The number of nitrogens with one attached hydrogen (secondary N) is 1. The van der Waals surface area contributed by atoms with E-state index in [-0.39, 0.29) is 28.1 Å². The van der Waals surface area contributed by atoms with Gasteiger partial charge < -0.3 is 28.9 Å². The van der Waals surface area contributed by atoms with E-state index in [1.165, 1.54) is 13.2 Å². The third-order valence-electron chi connectivity index (χ3n) is 8.95. The summed E-state index contributed by atoms with van der Waals surface area (Å²) < 4.78 is 51.3. The van der Waals surface area contributed by atoms with Gasteiger partial charge in [0.05, 0.1) is 25.6 Å². The third-order valence-corrected chi connectivity index (χ3v) is 13.5. The van der Waals surface area contributed by atoms with Crippen molar-refractivity contribution in [2.45, 2.75) is 70.8 Å². The maximum Gasteiger partial charge on any atom is 0.387 e. The van der Waals surface area contributed by atoms with Crippen LogP contribution in [0.5, 0.6) is 17.2 Å². The van der Waals surface area contributed by atoms with Crippen LogP contribution in [0, 0.1) is 5.92 Å². The summed E-state index contributed by atoms with van der Waals surface area (Å²) in [4.78, 5) is 19.8. The second kappa shape index (κ2) is 13.0. The van der Waals surface area contributed by atoms with Crippen LogP contribution in [0.2, 0.25) is 18.1 Å². The van der Waals surface area contributed by atoms with E-state index >= 15 is 0 Å². The van der Waals surface area contributed by atoms with Crippen molar-refractivity contribution in [3.63, 3.8) is 0 Å². The van der Waals surface area contributed by atoms with Gasteiger partial charge in [0.25, 0.3) is 5.91 Å². The predicted octanol–water partition coefficient (Wildman–Crippen LogP) is 6.23. The lowest BCUT2D eigenvalue weighted by Crippen LogP contribution is -2.42. The summed E-state index contributed by atoms with van der Waals surface area (Å²) >= 11 is 0. The largest absolute Gasteiger partial charge is 0.496 e. The van der Waals surface area contributed by atoms with Gasteiger partial charge in [-0.1, -0.05) is 20.8 Å². The standard InChI is InChI=1S/C32H44F2N4O5Si/c1-32(2,3)44(5,6)42-14-13-37-11-9-21(19-37)20-41-24-10-12-38-25(18-35-28(38)17-24)22-15-26(40-4)29(27(16-22)43-31(33)34)30(39)36-23-7-8-23/h10,12,15-18,21,23,31H,7-9,11,13-14,19-20H2,1-6H3,(H,36,39)/t21-/m0/s1. The number of fused-ring (bicyclic) bond motifs is 1. The first kappa shape index (κ1) is 32.2. The van der Waals surface area contributed by atoms with Crippen LogP contribution in [0.4, 0.5) is 8.78 Å². The minimum absolute atomic E-state index is 0.0426. The molecule has 0 spiro atoms. The molecule has 3 aromatic rings. The van der Waals surface area contributed by atoms with Crippen LogP contribution < -0.4 is 19.5 Å². The van der Waals surface area contributed by atoms with E-state index in [1.807, 2.05) is 22.7 Å². The molecule has 0 radical (unpaired) electrons. The van der Waals surface area contributed by atoms with E-state index in [9.17, 15) is 13.6 Å². The van der Waals surface area contributed by atoms with Crippen molar-refractivity contribution in [1.29, 1.82) is 0 Å². The number of likely N-dealkylation sites (tertiary alicyclic amines) is 1. The lowest BCUT2D eigenvalue weighted by Gasteiger charge is -2.36. The number of imidazole rings is 1. The zero-order chi connectivity index (χ0) is 31.6. The monoisotopic (exact) mass is 630 g/mol.